The molecule has 2 N–H and O–H groups in total. The molecule has 0 saturated heterocycles. The molecular formula is C15H20N2O. The summed E-state index contributed by atoms with van der Waals surface area (Å²) in [6, 6.07) is 10.3. The molecule has 1 fully saturated rings. The molecule has 0 spiro atoms. The third-order valence-corrected chi connectivity index (χ3v) is 3.84. The Kier molecular flexibility index (Phi) is 3.88. The summed E-state index contributed by atoms with van der Waals surface area (Å²) >= 11 is 0. The topological polar surface area (TPSA) is 59.0 Å². The van der Waals surface area contributed by atoms with Crippen LogP contribution in [0.1, 0.15) is 31.2 Å². The van der Waals surface area contributed by atoms with Crippen molar-refractivity contribution in [3.05, 3.63) is 29.8 Å². The van der Waals surface area contributed by atoms with E-state index in [2.05, 4.69) is 13.0 Å². The van der Waals surface area contributed by atoms with Crippen LogP contribution in [0.25, 0.3) is 0 Å². The van der Waals surface area contributed by atoms with Crippen molar-refractivity contribution in [2.45, 2.75) is 38.1 Å². The molecule has 0 aromatic heterocycles. The van der Waals surface area contributed by atoms with Crippen LogP contribution >= 0.6 is 0 Å². The van der Waals surface area contributed by atoms with Crippen LogP contribution in [0.3, 0.4) is 0 Å². The lowest BCUT2D eigenvalue weighted by molar-refractivity contribution is 0.254. The fourth-order valence-corrected chi connectivity index (χ4v) is 2.61. The Labute approximate surface area is 109 Å². The molecule has 1 aromatic carbocycles. The van der Waals surface area contributed by atoms with Crippen LogP contribution in [0, 0.1) is 24.2 Å². The van der Waals surface area contributed by atoms with Crippen LogP contribution in [-0.4, -0.2) is 12.1 Å². The molecule has 18 heavy (non-hydrogen) atoms. The minimum atomic E-state index is -0.628. The maximum absolute atomic E-state index is 9.13. The summed E-state index contributed by atoms with van der Waals surface area (Å²) in [6.45, 7) is 2.69. The fourth-order valence-electron chi connectivity index (χ4n) is 2.61. The van der Waals surface area contributed by atoms with E-state index in [4.69, 9.17) is 15.7 Å². The lowest BCUT2D eigenvalue weighted by Crippen LogP contribution is -2.42. The Hall–Kier alpha value is -1.53. The van der Waals surface area contributed by atoms with E-state index in [9.17, 15) is 0 Å². The minimum absolute atomic E-state index is 0.271. The Morgan fingerprint density at radius 1 is 1.44 bits per heavy atom. The molecule has 0 heterocycles. The van der Waals surface area contributed by atoms with Crippen molar-refractivity contribution in [2.24, 2.45) is 11.7 Å². The average molecular weight is 244 g/mol. The smallest absolute Gasteiger partial charge is 0.119 e. The zero-order valence-corrected chi connectivity index (χ0v) is 10.9. The van der Waals surface area contributed by atoms with Gasteiger partial charge in [0.2, 0.25) is 0 Å². The van der Waals surface area contributed by atoms with Crippen molar-refractivity contribution in [3.63, 3.8) is 0 Å². The van der Waals surface area contributed by atoms with Gasteiger partial charge in [-0.25, -0.2) is 0 Å². The van der Waals surface area contributed by atoms with E-state index in [0.29, 0.717) is 6.61 Å². The summed E-state index contributed by atoms with van der Waals surface area (Å²) in [6.07, 6.45) is 3.78. The van der Waals surface area contributed by atoms with Crippen LogP contribution in [0.2, 0.25) is 0 Å². The summed E-state index contributed by atoms with van der Waals surface area (Å²) in [7, 11) is 0. The van der Waals surface area contributed by atoms with Crippen molar-refractivity contribution in [1.29, 1.82) is 5.26 Å². The third kappa shape index (κ3) is 2.83. The van der Waals surface area contributed by atoms with Gasteiger partial charge in [0.05, 0.1) is 12.7 Å². The fraction of sp³-hybridized carbons (Fsp3) is 0.533. The molecule has 0 radical (unpaired) electrons. The van der Waals surface area contributed by atoms with Crippen LogP contribution in [0.5, 0.6) is 5.75 Å². The van der Waals surface area contributed by atoms with Gasteiger partial charge < -0.3 is 10.5 Å². The first kappa shape index (κ1) is 12.9. The van der Waals surface area contributed by atoms with E-state index in [1.807, 2.05) is 24.3 Å². The summed E-state index contributed by atoms with van der Waals surface area (Å²) in [4.78, 5) is 0. The third-order valence-electron chi connectivity index (χ3n) is 3.84. The second-order valence-electron chi connectivity index (χ2n) is 5.19. The largest absolute Gasteiger partial charge is 0.494 e. The van der Waals surface area contributed by atoms with Gasteiger partial charge in [-0.15, -0.1) is 0 Å². The normalized spacial score (nSPS) is 26.8. The van der Waals surface area contributed by atoms with E-state index >= 15 is 0 Å². The number of hydrogen-bond donors (Lipinski definition) is 1. The monoisotopic (exact) mass is 244 g/mol. The number of ether oxygens (including phenoxy) is 1. The Bertz CT molecular complexity index is 435. The molecule has 2 rings (SSSR count). The maximum atomic E-state index is 9.13. The van der Waals surface area contributed by atoms with E-state index < -0.39 is 5.54 Å². The SMILES string of the molecule is Cc1ccc(OCCC2CCCC2(N)C#N)cc1. The lowest BCUT2D eigenvalue weighted by atomic mass is 9.87. The summed E-state index contributed by atoms with van der Waals surface area (Å²) in [5.41, 5.74) is 6.68. The van der Waals surface area contributed by atoms with Crippen molar-refractivity contribution in [2.75, 3.05) is 6.61 Å². The van der Waals surface area contributed by atoms with Gasteiger partial charge in [-0.05, 0) is 44.2 Å². The maximum Gasteiger partial charge on any atom is 0.119 e. The molecule has 0 amide bonds. The predicted octanol–water partition coefficient (Wildman–Crippen LogP) is 2.79. The molecule has 1 aliphatic rings. The Balaban J connectivity index is 1.82. The average Bonchev–Trinajstić information content (AvgIpc) is 2.74. The van der Waals surface area contributed by atoms with Crippen molar-refractivity contribution >= 4 is 0 Å². The number of nitrogens with two attached hydrogens (primary N) is 1. The van der Waals surface area contributed by atoms with E-state index in [1.165, 1.54) is 5.56 Å². The van der Waals surface area contributed by atoms with Gasteiger partial charge in [-0.1, -0.05) is 24.1 Å². The van der Waals surface area contributed by atoms with Crippen LogP contribution < -0.4 is 10.5 Å². The Morgan fingerprint density at radius 3 is 2.83 bits per heavy atom. The molecule has 0 bridgehead atoms. The second kappa shape index (κ2) is 5.41. The molecule has 2 unspecified atom stereocenters. The van der Waals surface area contributed by atoms with Gasteiger partial charge >= 0.3 is 0 Å². The first-order valence-corrected chi connectivity index (χ1v) is 6.54. The zero-order valence-electron chi connectivity index (χ0n) is 10.9. The molecule has 2 atom stereocenters. The number of hydrogen-bond acceptors (Lipinski definition) is 3. The molecule has 3 nitrogen and oxygen atoms in total. The van der Waals surface area contributed by atoms with Crippen LogP contribution in [0.4, 0.5) is 0 Å². The molecule has 96 valence electrons. The van der Waals surface area contributed by atoms with Crippen molar-refractivity contribution in [1.82, 2.24) is 0 Å². The highest BCUT2D eigenvalue weighted by molar-refractivity contribution is 5.26. The quantitative estimate of drug-likeness (QED) is 0.886. The van der Waals surface area contributed by atoms with Crippen LogP contribution in [-0.2, 0) is 0 Å². The standard InChI is InChI=1S/C15H20N2O/c1-12-4-6-14(7-5-12)18-10-8-13-3-2-9-15(13,17)11-16/h4-7,13H,2-3,8-10,17H2,1H3. The summed E-state index contributed by atoms with van der Waals surface area (Å²) < 4.78 is 5.70. The predicted molar refractivity (Wildman–Crippen MR) is 71.2 cm³/mol. The second-order valence-corrected chi connectivity index (χ2v) is 5.19. The van der Waals surface area contributed by atoms with Gasteiger partial charge in [0, 0.05) is 0 Å². The highest BCUT2D eigenvalue weighted by Gasteiger charge is 2.39. The van der Waals surface area contributed by atoms with Gasteiger partial charge in [-0.3, -0.25) is 0 Å². The molecule has 1 saturated carbocycles. The lowest BCUT2D eigenvalue weighted by Gasteiger charge is -2.23. The number of rotatable bonds is 4. The zero-order chi connectivity index (χ0) is 13.0. The van der Waals surface area contributed by atoms with E-state index in [1.54, 1.807) is 0 Å². The summed E-state index contributed by atoms with van der Waals surface area (Å²) in [5, 5.41) is 9.13. The van der Waals surface area contributed by atoms with Gasteiger partial charge in [0.1, 0.15) is 11.3 Å². The number of aryl methyl sites for hydroxylation is 1. The number of benzene rings is 1. The molecule has 1 aromatic rings. The first-order chi connectivity index (χ1) is 8.64. The molecular weight excluding hydrogens is 224 g/mol. The van der Waals surface area contributed by atoms with Gasteiger partial charge in [0.25, 0.3) is 0 Å². The number of nitrogens with zero attached hydrogens (tertiary/aromatic N) is 1. The van der Waals surface area contributed by atoms with Gasteiger partial charge in [-0.2, -0.15) is 5.26 Å². The molecule has 0 aliphatic heterocycles. The molecule has 1 aliphatic carbocycles. The van der Waals surface area contributed by atoms with E-state index in [0.717, 1.165) is 31.4 Å². The highest BCUT2D eigenvalue weighted by atomic mass is 16.5. The van der Waals surface area contributed by atoms with Crippen molar-refractivity contribution < 1.29 is 4.74 Å². The summed E-state index contributed by atoms with van der Waals surface area (Å²) in [5.74, 6) is 1.16. The highest BCUT2D eigenvalue weighted by Crippen LogP contribution is 2.35. The van der Waals surface area contributed by atoms with Crippen molar-refractivity contribution in [3.8, 4) is 11.8 Å². The minimum Gasteiger partial charge on any atom is -0.494 e. The van der Waals surface area contributed by atoms with Gasteiger partial charge in [0.15, 0.2) is 0 Å². The molecule has 3 heteroatoms. The van der Waals surface area contributed by atoms with Crippen LogP contribution in [0.15, 0.2) is 24.3 Å². The Morgan fingerprint density at radius 2 is 2.17 bits per heavy atom. The first-order valence-electron chi connectivity index (χ1n) is 6.54. The van der Waals surface area contributed by atoms with E-state index in [-0.39, 0.29) is 5.92 Å². The number of nitriles is 1.